The van der Waals surface area contributed by atoms with Crippen molar-refractivity contribution in [3.63, 3.8) is 0 Å². The molecule has 1 atom stereocenters. The number of fused-ring (bicyclic) bond motifs is 1. The lowest BCUT2D eigenvalue weighted by molar-refractivity contribution is 0.0691. The number of aromatic carboxylic acids is 1. The summed E-state index contributed by atoms with van der Waals surface area (Å²) in [6.45, 7) is -0.0149. The number of hydrogen-bond donors (Lipinski definition) is 3. The molecule has 0 radical (unpaired) electrons. The number of carboxylic acids is 1. The Morgan fingerprint density at radius 1 is 1.61 bits per heavy atom. The van der Waals surface area contributed by atoms with Gasteiger partial charge in [-0.25, -0.2) is 14.8 Å². The molecule has 0 fully saturated rings. The topological polar surface area (TPSA) is 117 Å². The quantitative estimate of drug-likeness (QED) is 0.713. The molecule has 0 amide bonds. The van der Waals surface area contributed by atoms with Crippen molar-refractivity contribution in [2.24, 2.45) is 0 Å². The molecule has 0 aliphatic heterocycles. The Morgan fingerprint density at radius 2 is 2.33 bits per heavy atom. The molecule has 0 aliphatic rings. The summed E-state index contributed by atoms with van der Waals surface area (Å²) in [6.07, 6.45) is 2.55. The number of aromatic nitrogens is 3. The van der Waals surface area contributed by atoms with Crippen LogP contribution in [0.1, 0.15) is 16.2 Å². The summed E-state index contributed by atoms with van der Waals surface area (Å²) in [7, 11) is -2.53. The first kappa shape index (κ1) is 12.8. The molecule has 0 saturated heterocycles. The number of carbonyl (C=O) groups is 1. The second-order valence-electron chi connectivity index (χ2n) is 3.26. The fraction of sp³-hybridized carbons (Fsp3) is 0.125. The molecular weight excluding hydrogens is 283 g/mol. The smallest absolute Gasteiger partial charge is 0.476 e. The summed E-state index contributed by atoms with van der Waals surface area (Å²) in [6, 6.07) is 0. The van der Waals surface area contributed by atoms with E-state index in [0.29, 0.717) is 5.69 Å². The molecule has 3 N–H and O–H groups in total. The number of halogens is 1. The molecule has 94 valence electrons. The van der Waals surface area contributed by atoms with E-state index in [1.165, 1.54) is 16.8 Å². The summed E-state index contributed by atoms with van der Waals surface area (Å²) >= 11 is 5.90. The molecule has 18 heavy (non-hydrogen) atoms. The largest absolute Gasteiger partial charge is 0.610 e. The van der Waals surface area contributed by atoms with Gasteiger partial charge in [-0.2, -0.15) is 0 Å². The van der Waals surface area contributed by atoms with Crippen LogP contribution in [0, 0.1) is 0 Å². The first-order chi connectivity index (χ1) is 8.49. The Labute approximate surface area is 106 Å². The van der Waals surface area contributed by atoms with Gasteiger partial charge in [0.2, 0.25) is 5.78 Å². The fourth-order valence-electron chi connectivity index (χ4n) is 1.38. The van der Waals surface area contributed by atoms with Crippen LogP contribution in [-0.4, -0.2) is 30.3 Å². The number of nitrogens with zero attached hydrogens (tertiary/aromatic N) is 3. The van der Waals surface area contributed by atoms with Crippen molar-refractivity contribution in [3.8, 4) is 0 Å². The highest BCUT2D eigenvalue weighted by molar-refractivity contribution is 7.35. The number of carboxylic acid groups (broad SMARTS) is 1. The van der Waals surface area contributed by atoms with Crippen LogP contribution < -0.4 is 5.09 Å². The van der Waals surface area contributed by atoms with Gasteiger partial charge < -0.3 is 5.11 Å². The molecule has 0 spiro atoms. The molecule has 2 aromatic heterocycles. The summed E-state index contributed by atoms with van der Waals surface area (Å²) in [5.74, 6) is -1.04. The van der Waals surface area contributed by atoms with E-state index in [1.807, 2.05) is 0 Å². The van der Waals surface area contributed by atoms with E-state index >= 15 is 0 Å². The number of imidazole rings is 1. The van der Waals surface area contributed by atoms with Crippen LogP contribution in [0.5, 0.6) is 0 Å². The van der Waals surface area contributed by atoms with Crippen LogP contribution in [0.3, 0.4) is 0 Å². The average Bonchev–Trinajstić information content (AvgIpc) is 2.71. The van der Waals surface area contributed by atoms with Gasteiger partial charge in [-0.15, -0.1) is 4.89 Å². The minimum absolute atomic E-state index is 0.0149. The van der Waals surface area contributed by atoms with Crippen molar-refractivity contribution in [1.29, 1.82) is 0 Å². The van der Waals surface area contributed by atoms with Crippen LogP contribution in [0.4, 0.5) is 0 Å². The van der Waals surface area contributed by atoms with Crippen molar-refractivity contribution in [2.75, 3.05) is 0 Å². The van der Waals surface area contributed by atoms with Crippen molar-refractivity contribution < 1.29 is 19.4 Å². The van der Waals surface area contributed by atoms with Gasteiger partial charge in [0.15, 0.2) is 5.69 Å². The molecule has 0 saturated carbocycles. The number of nitrogens with one attached hydrogen (secondary N) is 1. The zero-order valence-electron chi connectivity index (χ0n) is 8.74. The molecule has 10 heteroatoms. The van der Waals surface area contributed by atoms with E-state index < -0.39 is 14.1 Å². The van der Waals surface area contributed by atoms with Crippen LogP contribution in [0.15, 0.2) is 12.4 Å². The van der Waals surface area contributed by atoms with Gasteiger partial charge in [-0.05, 0) is 4.57 Å². The molecule has 0 bridgehead atoms. The standard InChI is InChI=1S/C8H6ClN4O4P/c9-4-1-10-8-12-5(7(14)15)3-13(8)6(4)2-11-18(16)17/h1,3H,2H2,(H2-,11,14,15,16,17)/p+1. The van der Waals surface area contributed by atoms with Crippen LogP contribution in [-0.2, 0) is 11.1 Å². The van der Waals surface area contributed by atoms with Gasteiger partial charge in [0.05, 0.1) is 23.5 Å². The maximum atomic E-state index is 10.8. The molecule has 0 aromatic carbocycles. The van der Waals surface area contributed by atoms with E-state index in [4.69, 9.17) is 21.6 Å². The zero-order valence-corrected chi connectivity index (χ0v) is 10.4. The monoisotopic (exact) mass is 289 g/mol. The minimum Gasteiger partial charge on any atom is -0.476 e. The molecule has 2 rings (SSSR count). The first-order valence-corrected chi connectivity index (χ1v) is 6.23. The lowest BCUT2D eigenvalue weighted by Crippen LogP contribution is -2.08. The van der Waals surface area contributed by atoms with Crippen molar-refractivity contribution in [3.05, 3.63) is 28.8 Å². The van der Waals surface area contributed by atoms with Gasteiger partial charge in [0.1, 0.15) is 0 Å². The van der Waals surface area contributed by atoms with Crippen molar-refractivity contribution in [1.82, 2.24) is 19.5 Å². The van der Waals surface area contributed by atoms with Crippen LogP contribution in [0.2, 0.25) is 5.02 Å². The lowest BCUT2D eigenvalue weighted by atomic mass is 10.4. The second-order valence-corrected chi connectivity index (χ2v) is 4.53. The third-order valence-electron chi connectivity index (χ3n) is 2.15. The summed E-state index contributed by atoms with van der Waals surface area (Å²) in [4.78, 5) is 27.1. The van der Waals surface area contributed by atoms with Crippen LogP contribution >= 0.6 is 19.8 Å². The Hall–Kier alpha value is -1.60. The van der Waals surface area contributed by atoms with Crippen molar-refractivity contribution in [2.45, 2.75) is 6.54 Å². The van der Waals surface area contributed by atoms with E-state index in [0.717, 1.165) is 0 Å². The predicted molar refractivity (Wildman–Crippen MR) is 61.6 cm³/mol. The lowest BCUT2D eigenvalue weighted by Gasteiger charge is -2.03. The fourth-order valence-corrected chi connectivity index (χ4v) is 1.87. The molecule has 1 unspecified atom stereocenters. The van der Waals surface area contributed by atoms with Crippen LogP contribution in [0.25, 0.3) is 5.78 Å². The second kappa shape index (κ2) is 4.95. The van der Waals surface area contributed by atoms with Crippen molar-refractivity contribution >= 4 is 31.5 Å². The van der Waals surface area contributed by atoms with E-state index in [-0.39, 0.29) is 23.0 Å². The highest BCUT2D eigenvalue weighted by Crippen LogP contribution is 2.18. The maximum absolute atomic E-state index is 10.8. The molecule has 2 aromatic rings. The Kier molecular flexibility index (Phi) is 3.53. The predicted octanol–water partition coefficient (Wildman–Crippen LogP) is 0.820. The molecular formula is C8H7ClN4O4P+. The van der Waals surface area contributed by atoms with E-state index in [1.54, 1.807) is 0 Å². The van der Waals surface area contributed by atoms with Gasteiger partial charge in [-0.1, -0.05) is 16.7 Å². The Balaban J connectivity index is 2.51. The zero-order chi connectivity index (χ0) is 13.3. The van der Waals surface area contributed by atoms with Gasteiger partial charge >= 0.3 is 14.1 Å². The molecule has 2 heterocycles. The SMILES string of the molecule is O=C(O)c1cn2c(CN[P+](=O)O)c(Cl)cnc2n1. The van der Waals surface area contributed by atoms with Gasteiger partial charge in [0.25, 0.3) is 0 Å². The average molecular weight is 290 g/mol. The normalized spacial score (nSPS) is 11.8. The Bertz CT molecular complexity index is 643. The minimum atomic E-state index is -2.53. The maximum Gasteiger partial charge on any atom is 0.610 e. The summed E-state index contributed by atoms with van der Waals surface area (Å²) in [5, 5.41) is 11.4. The van der Waals surface area contributed by atoms with Gasteiger partial charge in [-0.3, -0.25) is 4.40 Å². The number of rotatable bonds is 4. The third kappa shape index (κ3) is 2.46. The summed E-state index contributed by atoms with van der Waals surface area (Å²) in [5.41, 5.74) is 0.221. The number of hydrogen-bond acceptors (Lipinski definition) is 4. The highest BCUT2D eigenvalue weighted by Gasteiger charge is 2.17. The molecule has 8 nitrogen and oxygen atoms in total. The molecule has 0 aliphatic carbocycles. The third-order valence-corrected chi connectivity index (χ3v) is 2.89. The Morgan fingerprint density at radius 3 is 2.94 bits per heavy atom. The van der Waals surface area contributed by atoms with E-state index in [9.17, 15) is 9.36 Å². The van der Waals surface area contributed by atoms with E-state index in [2.05, 4.69) is 15.1 Å². The first-order valence-electron chi connectivity index (χ1n) is 4.64. The summed E-state index contributed by atoms with van der Waals surface area (Å²) < 4.78 is 12.0. The van der Waals surface area contributed by atoms with Gasteiger partial charge in [0, 0.05) is 6.20 Å². The highest BCUT2D eigenvalue weighted by atomic mass is 35.5.